The molecule has 0 aromatic heterocycles. The molecule has 0 saturated carbocycles. The molecule has 3 aromatic rings. The van der Waals surface area contributed by atoms with Crippen molar-refractivity contribution in [2.75, 3.05) is 0 Å². The van der Waals surface area contributed by atoms with Crippen molar-refractivity contribution in [3.05, 3.63) is 89.5 Å². The predicted octanol–water partition coefficient (Wildman–Crippen LogP) is 4.71. The third kappa shape index (κ3) is 7.82. The third-order valence-corrected chi connectivity index (χ3v) is 7.14. The first-order valence-electron chi connectivity index (χ1n) is 11.7. The molecule has 0 heterocycles. The number of nitrogens with one attached hydrogen (secondary N) is 1. The van der Waals surface area contributed by atoms with Crippen LogP contribution in [0.25, 0.3) is 0 Å². The van der Waals surface area contributed by atoms with Crippen molar-refractivity contribution in [1.82, 2.24) is 5.32 Å². The van der Waals surface area contributed by atoms with E-state index in [1.165, 1.54) is 24.3 Å². The lowest BCUT2D eigenvalue weighted by molar-refractivity contribution is -0.157. The van der Waals surface area contributed by atoms with Gasteiger partial charge in [-0.1, -0.05) is 54.1 Å². The van der Waals surface area contributed by atoms with Crippen molar-refractivity contribution >= 4 is 21.9 Å². The van der Waals surface area contributed by atoms with E-state index in [2.05, 4.69) is 5.32 Å². The molecule has 1 atom stereocenters. The Morgan fingerprint density at radius 1 is 0.973 bits per heavy atom. The van der Waals surface area contributed by atoms with E-state index in [0.29, 0.717) is 0 Å². The maximum absolute atomic E-state index is 13.4. The minimum absolute atomic E-state index is 0.0139. The van der Waals surface area contributed by atoms with Gasteiger partial charge in [0.1, 0.15) is 24.0 Å². The Morgan fingerprint density at radius 3 is 2.24 bits per heavy atom. The summed E-state index contributed by atoms with van der Waals surface area (Å²) in [5, 5.41) is 12.6. The van der Waals surface area contributed by atoms with Crippen LogP contribution in [0.2, 0.25) is 0 Å². The first-order valence-corrected chi connectivity index (χ1v) is 13.2. The Balaban J connectivity index is 1.90. The number of esters is 1. The number of carbonyl (C=O) groups excluding carboxylic acids is 2. The molecule has 0 fully saturated rings. The number of hydrogen-bond donors (Lipinski definition) is 2. The second kappa shape index (κ2) is 11.5. The van der Waals surface area contributed by atoms with Gasteiger partial charge in [-0.3, -0.25) is 0 Å². The molecule has 0 unspecified atom stereocenters. The molecule has 0 radical (unpaired) electrons. The van der Waals surface area contributed by atoms with E-state index in [0.717, 1.165) is 17.2 Å². The highest BCUT2D eigenvalue weighted by atomic mass is 32.2. The van der Waals surface area contributed by atoms with Crippen LogP contribution in [-0.4, -0.2) is 37.2 Å². The number of amides is 1. The summed E-state index contributed by atoms with van der Waals surface area (Å²) in [5.41, 5.74) is 1.02. The van der Waals surface area contributed by atoms with Crippen LogP contribution in [0.5, 0.6) is 5.75 Å². The predicted molar refractivity (Wildman–Crippen MR) is 138 cm³/mol. The summed E-state index contributed by atoms with van der Waals surface area (Å²) >= 11 is 0. The van der Waals surface area contributed by atoms with Gasteiger partial charge in [0.2, 0.25) is 9.84 Å². The van der Waals surface area contributed by atoms with Crippen molar-refractivity contribution < 1.29 is 32.6 Å². The Labute approximate surface area is 217 Å². The summed E-state index contributed by atoms with van der Waals surface area (Å²) in [4.78, 5) is 25.5. The van der Waals surface area contributed by atoms with E-state index in [-0.39, 0.29) is 34.1 Å². The van der Waals surface area contributed by atoms with Crippen LogP contribution >= 0.6 is 0 Å². The molecule has 0 aliphatic rings. The SMILES string of the molecule is Cc1ccc(S(=O)(=O)c2cc(O)ccc2C[C@H](NC(=O)OCc2ccccc2)C(=O)OC(C)(C)C)cc1. The number of carbonyl (C=O) groups is 2. The zero-order chi connectivity index (χ0) is 27.2. The molecule has 3 aromatic carbocycles. The van der Waals surface area contributed by atoms with Gasteiger partial charge in [0.25, 0.3) is 0 Å². The molecule has 0 saturated heterocycles. The molecular weight excluding hydrogens is 494 g/mol. The maximum atomic E-state index is 13.4. The number of aryl methyl sites for hydroxylation is 1. The van der Waals surface area contributed by atoms with Crippen molar-refractivity contribution in [3.8, 4) is 5.75 Å². The summed E-state index contributed by atoms with van der Waals surface area (Å²) < 4.78 is 37.6. The molecule has 0 aliphatic carbocycles. The minimum Gasteiger partial charge on any atom is -0.508 e. The summed E-state index contributed by atoms with van der Waals surface area (Å²) in [7, 11) is -4.05. The number of rotatable bonds is 8. The number of sulfone groups is 1. The topological polar surface area (TPSA) is 119 Å². The number of phenolic OH excluding ortho intramolecular Hbond substituents is 1. The van der Waals surface area contributed by atoms with Crippen LogP contribution in [0.4, 0.5) is 4.79 Å². The third-order valence-electron chi connectivity index (χ3n) is 5.29. The van der Waals surface area contributed by atoms with E-state index in [9.17, 15) is 23.1 Å². The number of hydrogen-bond acceptors (Lipinski definition) is 7. The molecule has 3 rings (SSSR count). The van der Waals surface area contributed by atoms with Crippen LogP contribution in [0, 0.1) is 6.92 Å². The van der Waals surface area contributed by atoms with Gasteiger partial charge in [0.15, 0.2) is 0 Å². The number of aromatic hydroxyl groups is 1. The molecule has 37 heavy (non-hydrogen) atoms. The van der Waals surface area contributed by atoms with Crippen LogP contribution in [0.15, 0.2) is 82.6 Å². The highest BCUT2D eigenvalue weighted by Gasteiger charge is 2.30. The second-order valence-electron chi connectivity index (χ2n) is 9.60. The van der Waals surface area contributed by atoms with E-state index in [1.807, 2.05) is 13.0 Å². The van der Waals surface area contributed by atoms with Gasteiger partial charge in [-0.25, -0.2) is 18.0 Å². The summed E-state index contributed by atoms with van der Waals surface area (Å²) in [6.07, 6.45) is -1.07. The van der Waals surface area contributed by atoms with Crippen LogP contribution in [0.1, 0.15) is 37.5 Å². The van der Waals surface area contributed by atoms with Gasteiger partial charge in [-0.05, 0) is 63.1 Å². The molecule has 8 nitrogen and oxygen atoms in total. The van der Waals surface area contributed by atoms with Gasteiger partial charge < -0.3 is 19.9 Å². The average molecular weight is 526 g/mol. The largest absolute Gasteiger partial charge is 0.508 e. The fourth-order valence-corrected chi connectivity index (χ4v) is 5.02. The van der Waals surface area contributed by atoms with Crippen LogP contribution in [-0.2, 0) is 37.1 Å². The molecule has 196 valence electrons. The summed E-state index contributed by atoms with van der Waals surface area (Å²) in [5.74, 6) is -1.01. The first kappa shape index (κ1) is 27.7. The monoisotopic (exact) mass is 525 g/mol. The van der Waals surface area contributed by atoms with Gasteiger partial charge >= 0.3 is 12.1 Å². The first-order chi connectivity index (χ1) is 17.3. The van der Waals surface area contributed by atoms with Crippen molar-refractivity contribution in [1.29, 1.82) is 0 Å². The molecule has 0 spiro atoms. The molecule has 1 amide bonds. The second-order valence-corrected chi connectivity index (χ2v) is 11.5. The van der Waals surface area contributed by atoms with Crippen LogP contribution in [0.3, 0.4) is 0 Å². The molecule has 2 N–H and O–H groups in total. The highest BCUT2D eigenvalue weighted by Crippen LogP contribution is 2.29. The number of alkyl carbamates (subject to hydrolysis) is 1. The number of benzene rings is 3. The van der Waals surface area contributed by atoms with Crippen molar-refractivity contribution in [2.24, 2.45) is 0 Å². The van der Waals surface area contributed by atoms with Crippen LogP contribution < -0.4 is 5.32 Å². The normalized spacial score (nSPS) is 12.4. The lowest BCUT2D eigenvalue weighted by Crippen LogP contribution is -2.45. The summed E-state index contributed by atoms with van der Waals surface area (Å²) in [6.45, 7) is 6.88. The average Bonchev–Trinajstić information content (AvgIpc) is 2.83. The smallest absolute Gasteiger partial charge is 0.408 e. The fraction of sp³-hybridized carbons (Fsp3) is 0.286. The number of phenols is 1. The standard InChI is InChI=1S/C28H31NO7S/c1-19-10-14-23(15-11-19)37(33,34)25-17-22(30)13-12-21(25)16-24(26(31)36-28(2,3)4)29-27(32)35-18-20-8-6-5-7-9-20/h5-15,17,24,30H,16,18H2,1-4H3,(H,29,32)/t24-/m0/s1. The Bertz CT molecular complexity index is 1350. The van der Waals surface area contributed by atoms with E-state index >= 15 is 0 Å². The zero-order valence-electron chi connectivity index (χ0n) is 21.2. The quantitative estimate of drug-likeness (QED) is 0.409. The Hall–Kier alpha value is -3.85. The maximum Gasteiger partial charge on any atom is 0.408 e. The van der Waals surface area contributed by atoms with Crippen molar-refractivity contribution in [3.63, 3.8) is 0 Å². The fourth-order valence-electron chi connectivity index (χ4n) is 3.50. The van der Waals surface area contributed by atoms with Crippen molar-refractivity contribution in [2.45, 2.75) is 62.2 Å². The lowest BCUT2D eigenvalue weighted by Gasteiger charge is -2.25. The molecule has 0 bridgehead atoms. The number of ether oxygens (including phenoxy) is 2. The van der Waals surface area contributed by atoms with Gasteiger partial charge in [0, 0.05) is 6.42 Å². The lowest BCUT2D eigenvalue weighted by atomic mass is 10.1. The highest BCUT2D eigenvalue weighted by molar-refractivity contribution is 7.91. The summed E-state index contributed by atoms with van der Waals surface area (Å²) in [6, 6.07) is 17.9. The molecule has 9 heteroatoms. The van der Waals surface area contributed by atoms with E-state index in [4.69, 9.17) is 9.47 Å². The molecule has 0 aliphatic heterocycles. The van der Waals surface area contributed by atoms with Gasteiger partial charge in [0.05, 0.1) is 9.79 Å². The molecular formula is C28H31NO7S. The zero-order valence-corrected chi connectivity index (χ0v) is 22.0. The minimum atomic E-state index is -4.05. The van der Waals surface area contributed by atoms with Gasteiger partial charge in [-0.15, -0.1) is 0 Å². The van der Waals surface area contributed by atoms with E-state index in [1.54, 1.807) is 57.2 Å². The Kier molecular flexibility index (Phi) is 8.60. The van der Waals surface area contributed by atoms with E-state index < -0.39 is 33.5 Å². The van der Waals surface area contributed by atoms with Gasteiger partial charge in [-0.2, -0.15) is 0 Å². The Morgan fingerprint density at radius 2 is 1.62 bits per heavy atom.